The third-order valence-corrected chi connectivity index (χ3v) is 5.58. The van der Waals surface area contributed by atoms with Gasteiger partial charge in [0.05, 0.1) is 12.2 Å². The highest BCUT2D eigenvalue weighted by molar-refractivity contribution is 5.79. The lowest BCUT2D eigenvalue weighted by Crippen LogP contribution is -2.47. The number of rotatable bonds is 7. The van der Waals surface area contributed by atoms with Crippen LogP contribution in [0.15, 0.2) is 29.3 Å². The lowest BCUT2D eigenvalue weighted by Gasteiger charge is -2.34. The molecule has 0 aromatic heterocycles. The first kappa shape index (κ1) is 20.0. The van der Waals surface area contributed by atoms with Gasteiger partial charge in [-0.05, 0) is 69.6 Å². The van der Waals surface area contributed by atoms with Crippen LogP contribution in [0.3, 0.4) is 0 Å². The van der Waals surface area contributed by atoms with Gasteiger partial charge in [0.2, 0.25) is 0 Å². The smallest absolute Gasteiger partial charge is 0.193 e. The van der Waals surface area contributed by atoms with Crippen LogP contribution in [0, 0.1) is 0 Å². The number of nitrogens with zero attached hydrogens (tertiary/aromatic N) is 2. The normalized spacial score (nSPS) is 19.5. The molecule has 1 saturated carbocycles. The van der Waals surface area contributed by atoms with Crippen molar-refractivity contribution in [3.05, 3.63) is 29.8 Å². The van der Waals surface area contributed by atoms with E-state index >= 15 is 0 Å². The number of benzene rings is 1. The maximum atomic E-state index is 6.04. The Morgan fingerprint density at radius 2 is 1.78 bits per heavy atom. The third-order valence-electron chi connectivity index (χ3n) is 5.58. The number of nitrogens with one attached hydrogen (secondary N) is 1. The molecular weight excluding hydrogens is 338 g/mol. The Morgan fingerprint density at radius 3 is 2.41 bits per heavy atom. The van der Waals surface area contributed by atoms with Gasteiger partial charge in [-0.15, -0.1) is 0 Å². The van der Waals surface area contributed by atoms with E-state index in [9.17, 15) is 0 Å². The van der Waals surface area contributed by atoms with Crippen LogP contribution in [-0.2, 0) is 11.2 Å². The summed E-state index contributed by atoms with van der Waals surface area (Å²) in [6.45, 7) is 5.79. The number of piperidine rings is 1. The van der Waals surface area contributed by atoms with Crippen LogP contribution >= 0.6 is 0 Å². The molecule has 0 atom stereocenters. The van der Waals surface area contributed by atoms with E-state index in [-0.39, 0.29) is 0 Å². The molecule has 5 heteroatoms. The highest BCUT2D eigenvalue weighted by Crippen LogP contribution is 2.24. The molecule has 2 fully saturated rings. The lowest BCUT2D eigenvalue weighted by atomic mass is 10.1. The molecule has 1 aromatic carbocycles. The summed E-state index contributed by atoms with van der Waals surface area (Å²) in [6.07, 6.45) is 8.99. The molecule has 1 heterocycles. The molecule has 1 aliphatic heterocycles. The second-order valence-electron chi connectivity index (χ2n) is 7.53. The summed E-state index contributed by atoms with van der Waals surface area (Å²) in [5, 5.41) is 3.51. The van der Waals surface area contributed by atoms with E-state index in [2.05, 4.69) is 46.4 Å². The summed E-state index contributed by atoms with van der Waals surface area (Å²) in [7, 11) is 1.87. The molecule has 5 nitrogen and oxygen atoms in total. The van der Waals surface area contributed by atoms with Gasteiger partial charge in [-0.2, -0.15) is 0 Å². The standard InChI is InChI=1S/C22H35N3O2/c1-3-26-19-13-16-25(17-14-19)22(23-2)24-15-12-18-8-10-21(11-9-18)27-20-6-4-5-7-20/h8-11,19-20H,3-7,12-17H2,1-2H3,(H,23,24). The predicted octanol–water partition coefficient (Wildman–Crippen LogP) is 3.63. The maximum absolute atomic E-state index is 6.04. The van der Waals surface area contributed by atoms with Gasteiger partial charge in [-0.25, -0.2) is 0 Å². The molecule has 1 saturated heterocycles. The molecule has 0 spiro atoms. The molecule has 1 aromatic rings. The zero-order chi connectivity index (χ0) is 18.9. The van der Waals surface area contributed by atoms with Gasteiger partial charge < -0.3 is 19.7 Å². The maximum Gasteiger partial charge on any atom is 0.193 e. The van der Waals surface area contributed by atoms with Crippen LogP contribution in [0.1, 0.15) is 51.0 Å². The van der Waals surface area contributed by atoms with E-state index in [4.69, 9.17) is 9.47 Å². The molecule has 0 bridgehead atoms. The molecule has 2 aliphatic rings. The molecule has 1 N–H and O–H groups in total. The van der Waals surface area contributed by atoms with E-state index in [1.165, 1.54) is 31.2 Å². The molecule has 150 valence electrons. The van der Waals surface area contributed by atoms with Crippen LogP contribution in [0.5, 0.6) is 5.75 Å². The number of likely N-dealkylation sites (tertiary alicyclic amines) is 1. The molecule has 3 rings (SSSR count). The van der Waals surface area contributed by atoms with Crippen molar-refractivity contribution in [1.82, 2.24) is 10.2 Å². The van der Waals surface area contributed by atoms with Crippen LogP contribution in [-0.4, -0.2) is 56.4 Å². The van der Waals surface area contributed by atoms with Crippen LogP contribution in [0.2, 0.25) is 0 Å². The van der Waals surface area contributed by atoms with E-state index in [1.807, 2.05) is 7.05 Å². The monoisotopic (exact) mass is 373 g/mol. The Morgan fingerprint density at radius 1 is 1.07 bits per heavy atom. The summed E-state index contributed by atoms with van der Waals surface area (Å²) >= 11 is 0. The van der Waals surface area contributed by atoms with Gasteiger partial charge in [0.1, 0.15) is 5.75 Å². The predicted molar refractivity (Wildman–Crippen MR) is 111 cm³/mol. The van der Waals surface area contributed by atoms with Gasteiger partial charge in [0.15, 0.2) is 5.96 Å². The second kappa shape index (κ2) is 10.5. The van der Waals surface area contributed by atoms with Crippen molar-refractivity contribution in [1.29, 1.82) is 0 Å². The first-order valence-corrected chi connectivity index (χ1v) is 10.6. The van der Waals surface area contributed by atoms with Gasteiger partial charge >= 0.3 is 0 Å². The quantitative estimate of drug-likeness (QED) is 0.586. The SMILES string of the molecule is CCOC1CCN(C(=NC)NCCc2ccc(OC3CCCC3)cc2)CC1. The molecule has 0 amide bonds. The fraction of sp³-hybridized carbons (Fsp3) is 0.682. The summed E-state index contributed by atoms with van der Waals surface area (Å²) in [5.74, 6) is 2.01. The molecule has 1 aliphatic carbocycles. The van der Waals surface area contributed by atoms with E-state index in [0.717, 1.165) is 57.2 Å². The minimum atomic E-state index is 0.411. The van der Waals surface area contributed by atoms with Crippen molar-refractivity contribution in [2.45, 2.75) is 64.1 Å². The Kier molecular flexibility index (Phi) is 7.81. The Hall–Kier alpha value is -1.75. The summed E-state index contributed by atoms with van der Waals surface area (Å²) in [6, 6.07) is 8.59. The van der Waals surface area contributed by atoms with E-state index in [0.29, 0.717) is 12.2 Å². The van der Waals surface area contributed by atoms with Crippen molar-refractivity contribution in [2.75, 3.05) is 33.3 Å². The number of aliphatic imine (C=N–C) groups is 1. The number of hydrogen-bond donors (Lipinski definition) is 1. The zero-order valence-corrected chi connectivity index (χ0v) is 17.0. The summed E-state index contributed by atoms with van der Waals surface area (Å²) < 4.78 is 11.8. The van der Waals surface area contributed by atoms with Crippen molar-refractivity contribution < 1.29 is 9.47 Å². The minimum Gasteiger partial charge on any atom is -0.490 e. The molecule has 27 heavy (non-hydrogen) atoms. The van der Waals surface area contributed by atoms with Gasteiger partial charge in [-0.1, -0.05) is 12.1 Å². The lowest BCUT2D eigenvalue weighted by molar-refractivity contribution is 0.0264. The van der Waals surface area contributed by atoms with Crippen molar-refractivity contribution in [2.24, 2.45) is 4.99 Å². The van der Waals surface area contributed by atoms with Crippen LogP contribution in [0.25, 0.3) is 0 Å². The average Bonchev–Trinajstić information content (AvgIpc) is 3.21. The van der Waals surface area contributed by atoms with Crippen LogP contribution in [0.4, 0.5) is 0 Å². The van der Waals surface area contributed by atoms with Gasteiger partial charge in [-0.3, -0.25) is 4.99 Å². The highest BCUT2D eigenvalue weighted by atomic mass is 16.5. The molecular formula is C22H35N3O2. The minimum absolute atomic E-state index is 0.411. The second-order valence-corrected chi connectivity index (χ2v) is 7.53. The number of ether oxygens (including phenoxy) is 2. The Bertz CT molecular complexity index is 574. The largest absolute Gasteiger partial charge is 0.490 e. The van der Waals surface area contributed by atoms with Crippen molar-refractivity contribution >= 4 is 5.96 Å². The third kappa shape index (κ3) is 6.13. The summed E-state index contributed by atoms with van der Waals surface area (Å²) in [5.41, 5.74) is 1.33. The fourth-order valence-electron chi connectivity index (χ4n) is 4.05. The van der Waals surface area contributed by atoms with Gasteiger partial charge in [0, 0.05) is 33.3 Å². The van der Waals surface area contributed by atoms with E-state index in [1.54, 1.807) is 0 Å². The average molecular weight is 374 g/mol. The highest BCUT2D eigenvalue weighted by Gasteiger charge is 2.21. The Labute approximate surface area is 164 Å². The molecule has 0 radical (unpaired) electrons. The number of hydrogen-bond acceptors (Lipinski definition) is 3. The first-order chi connectivity index (χ1) is 13.3. The van der Waals surface area contributed by atoms with Crippen LogP contribution < -0.4 is 10.1 Å². The van der Waals surface area contributed by atoms with Crippen molar-refractivity contribution in [3.63, 3.8) is 0 Å². The topological polar surface area (TPSA) is 46.1 Å². The van der Waals surface area contributed by atoms with Crippen molar-refractivity contribution in [3.8, 4) is 5.75 Å². The van der Waals surface area contributed by atoms with E-state index < -0.39 is 0 Å². The fourth-order valence-corrected chi connectivity index (χ4v) is 4.05. The summed E-state index contributed by atoms with van der Waals surface area (Å²) in [4.78, 5) is 6.80. The number of guanidine groups is 1. The molecule has 0 unspecified atom stereocenters. The first-order valence-electron chi connectivity index (χ1n) is 10.6. The van der Waals surface area contributed by atoms with Gasteiger partial charge in [0.25, 0.3) is 0 Å². The Balaban J connectivity index is 1.39. The zero-order valence-electron chi connectivity index (χ0n) is 17.0.